The van der Waals surface area contributed by atoms with E-state index < -0.39 is 15.2 Å². The number of guanidine groups is 1. The summed E-state index contributed by atoms with van der Waals surface area (Å²) < 4.78 is 39.7. The van der Waals surface area contributed by atoms with Gasteiger partial charge in [0.15, 0.2) is 9.34 Å². The minimum Gasteiger partial charge on any atom is -0.353 e. The quantitative estimate of drug-likeness (QED) is 0.802. The predicted molar refractivity (Wildman–Crippen MR) is 60.8 cm³/mol. The molecule has 1 aliphatic rings. The van der Waals surface area contributed by atoms with Crippen molar-refractivity contribution in [3.8, 4) is 0 Å². The van der Waals surface area contributed by atoms with Gasteiger partial charge in [-0.05, 0) is 13.8 Å². The molecule has 0 unspecified atom stereocenters. The van der Waals surface area contributed by atoms with Gasteiger partial charge in [0.05, 0.1) is 5.69 Å². The molecule has 0 saturated carbocycles. The van der Waals surface area contributed by atoms with Crippen LogP contribution in [-0.4, -0.2) is 20.4 Å². The van der Waals surface area contributed by atoms with Crippen LogP contribution in [0.25, 0.3) is 0 Å². The molecule has 1 aliphatic heterocycles. The van der Waals surface area contributed by atoms with Gasteiger partial charge in [-0.1, -0.05) is 11.3 Å². The highest BCUT2D eigenvalue weighted by Crippen LogP contribution is 2.34. The molecule has 0 bridgehead atoms. The summed E-state index contributed by atoms with van der Waals surface area (Å²) in [6, 6.07) is 1.18. The van der Waals surface area contributed by atoms with Gasteiger partial charge < -0.3 is 10.6 Å². The molecular weight excluding hydrogens is 253 g/mol. The van der Waals surface area contributed by atoms with Crippen LogP contribution < -0.4 is 10.6 Å². The van der Waals surface area contributed by atoms with Crippen LogP contribution in [0.15, 0.2) is 14.7 Å². The molecule has 2 rings (SSSR count). The third-order valence-electron chi connectivity index (χ3n) is 1.79. The summed E-state index contributed by atoms with van der Waals surface area (Å²) in [5.41, 5.74) is 0.237. The second kappa shape index (κ2) is 3.70. The molecule has 2 heterocycles. The van der Waals surface area contributed by atoms with Gasteiger partial charge in [0, 0.05) is 12.1 Å². The Morgan fingerprint density at radius 2 is 2.25 bits per heavy atom. The Morgan fingerprint density at radius 3 is 2.88 bits per heavy atom. The van der Waals surface area contributed by atoms with Crippen molar-refractivity contribution in [3.63, 3.8) is 0 Å². The average Bonchev–Trinajstić information content (AvgIpc) is 2.44. The molecule has 0 aromatic carbocycles. The highest BCUT2D eigenvalue weighted by molar-refractivity contribution is 7.92. The smallest absolute Gasteiger partial charge is 0.297 e. The highest BCUT2D eigenvalue weighted by Gasteiger charge is 2.28. The molecular formula is C8H10FN3O2S2. The van der Waals surface area contributed by atoms with E-state index in [0.717, 1.165) is 6.07 Å². The van der Waals surface area contributed by atoms with E-state index in [9.17, 15) is 12.8 Å². The van der Waals surface area contributed by atoms with E-state index in [0.29, 0.717) is 11.3 Å². The van der Waals surface area contributed by atoms with Crippen molar-refractivity contribution in [2.45, 2.75) is 24.1 Å². The van der Waals surface area contributed by atoms with Crippen LogP contribution in [0, 0.1) is 5.13 Å². The van der Waals surface area contributed by atoms with E-state index in [-0.39, 0.29) is 21.9 Å². The van der Waals surface area contributed by atoms with Crippen LogP contribution >= 0.6 is 11.3 Å². The zero-order valence-corrected chi connectivity index (χ0v) is 10.2. The molecule has 0 radical (unpaired) electrons. The maximum Gasteiger partial charge on any atom is 0.297 e. The fourth-order valence-corrected chi connectivity index (χ4v) is 3.43. The lowest BCUT2D eigenvalue weighted by Gasteiger charge is -2.17. The molecule has 5 nitrogen and oxygen atoms in total. The molecule has 1 aromatic rings. The van der Waals surface area contributed by atoms with Crippen molar-refractivity contribution in [3.05, 3.63) is 11.2 Å². The van der Waals surface area contributed by atoms with Crippen molar-refractivity contribution < 1.29 is 12.8 Å². The highest BCUT2D eigenvalue weighted by atomic mass is 32.2. The molecule has 8 heteroatoms. The number of hydrogen-bond acceptors (Lipinski definition) is 5. The van der Waals surface area contributed by atoms with Gasteiger partial charge in [-0.2, -0.15) is 12.8 Å². The normalized spacial score (nSPS) is 17.6. The van der Waals surface area contributed by atoms with Crippen molar-refractivity contribution in [2.75, 3.05) is 5.32 Å². The topological polar surface area (TPSA) is 70.6 Å². The number of halogens is 1. The maximum atomic E-state index is 13.0. The molecule has 0 fully saturated rings. The Bertz CT molecular complexity index is 548. The zero-order valence-electron chi connectivity index (χ0n) is 8.61. The number of nitrogens with one attached hydrogen (secondary N) is 2. The lowest BCUT2D eigenvalue weighted by Crippen LogP contribution is -2.38. The van der Waals surface area contributed by atoms with Gasteiger partial charge in [0.1, 0.15) is 0 Å². The first-order valence-electron chi connectivity index (χ1n) is 4.56. The second-order valence-electron chi connectivity index (χ2n) is 3.59. The van der Waals surface area contributed by atoms with E-state index in [4.69, 9.17) is 0 Å². The van der Waals surface area contributed by atoms with E-state index in [1.54, 1.807) is 0 Å². The molecule has 2 N–H and O–H groups in total. The van der Waals surface area contributed by atoms with E-state index in [2.05, 4.69) is 15.0 Å². The summed E-state index contributed by atoms with van der Waals surface area (Å²) >= 11 is 0.566. The Labute approximate surface area is 96.4 Å². The Balaban J connectivity index is 2.42. The van der Waals surface area contributed by atoms with Crippen molar-refractivity contribution in [1.82, 2.24) is 5.32 Å². The fourth-order valence-electron chi connectivity index (χ4n) is 1.27. The molecule has 0 atom stereocenters. The van der Waals surface area contributed by atoms with Crippen LogP contribution in [0.1, 0.15) is 13.8 Å². The van der Waals surface area contributed by atoms with Crippen molar-refractivity contribution >= 4 is 33.0 Å². The van der Waals surface area contributed by atoms with Gasteiger partial charge in [-0.15, -0.1) is 4.40 Å². The predicted octanol–water partition coefficient (Wildman–Crippen LogP) is 1.36. The largest absolute Gasteiger partial charge is 0.353 e. The van der Waals surface area contributed by atoms with Gasteiger partial charge >= 0.3 is 0 Å². The number of anilines is 1. The molecule has 16 heavy (non-hydrogen) atoms. The first kappa shape index (κ1) is 11.3. The minimum atomic E-state index is -3.77. The first-order valence-corrected chi connectivity index (χ1v) is 6.82. The molecule has 0 aliphatic carbocycles. The van der Waals surface area contributed by atoms with E-state index >= 15 is 0 Å². The molecule has 0 spiro atoms. The van der Waals surface area contributed by atoms with Crippen LogP contribution in [0.3, 0.4) is 0 Å². The minimum absolute atomic E-state index is 0.0338. The summed E-state index contributed by atoms with van der Waals surface area (Å²) in [5.74, 6) is 0.125. The van der Waals surface area contributed by atoms with Gasteiger partial charge in [0.2, 0.25) is 5.96 Å². The van der Waals surface area contributed by atoms with Crippen LogP contribution in [-0.2, 0) is 10.0 Å². The standard InChI is InChI=1S/C8H10FN3O2S2/c1-4(2)10-8-11-5-3-6(9)15-7(5)16(13,14)12-8/h3-4H,1-2H3,(H2,10,11,12). The Morgan fingerprint density at radius 1 is 1.56 bits per heavy atom. The van der Waals surface area contributed by atoms with Crippen molar-refractivity contribution in [2.24, 2.45) is 4.40 Å². The number of hydrogen-bond donors (Lipinski definition) is 2. The lowest BCUT2D eigenvalue weighted by atomic mass is 10.4. The summed E-state index contributed by atoms with van der Waals surface area (Å²) in [6.07, 6.45) is 0. The molecule has 0 saturated heterocycles. The SMILES string of the molecule is CC(C)NC1=NS(=O)(=O)c2sc(F)cc2N1. The summed E-state index contributed by atoms with van der Waals surface area (Å²) in [5, 5.41) is 5.01. The molecule has 88 valence electrons. The third-order valence-corrected chi connectivity index (χ3v) is 4.50. The van der Waals surface area contributed by atoms with Crippen LogP contribution in [0.4, 0.5) is 10.1 Å². The summed E-state index contributed by atoms with van der Waals surface area (Å²) in [4.78, 5) is 0. The number of fused-ring (bicyclic) bond motifs is 1. The van der Waals surface area contributed by atoms with Crippen LogP contribution in [0.5, 0.6) is 0 Å². The number of rotatable bonds is 1. The first-order chi connectivity index (χ1) is 7.38. The Hall–Kier alpha value is -1.15. The number of sulfonamides is 1. The zero-order chi connectivity index (χ0) is 11.9. The number of nitrogens with zero attached hydrogens (tertiary/aromatic N) is 1. The van der Waals surface area contributed by atoms with E-state index in [1.807, 2.05) is 13.8 Å². The van der Waals surface area contributed by atoms with E-state index in [1.165, 1.54) is 0 Å². The second-order valence-corrected chi connectivity index (χ2v) is 6.39. The fraction of sp³-hybridized carbons (Fsp3) is 0.375. The van der Waals surface area contributed by atoms with Gasteiger partial charge in [-0.25, -0.2) is 0 Å². The average molecular weight is 263 g/mol. The monoisotopic (exact) mass is 263 g/mol. The molecule has 1 aromatic heterocycles. The van der Waals surface area contributed by atoms with Crippen LogP contribution in [0.2, 0.25) is 0 Å². The summed E-state index contributed by atoms with van der Waals surface area (Å²) in [7, 11) is -3.77. The molecule has 0 amide bonds. The van der Waals surface area contributed by atoms with Crippen molar-refractivity contribution in [1.29, 1.82) is 0 Å². The summed E-state index contributed by atoms with van der Waals surface area (Å²) in [6.45, 7) is 3.70. The van der Waals surface area contributed by atoms with Gasteiger partial charge in [-0.3, -0.25) is 0 Å². The van der Waals surface area contributed by atoms with Gasteiger partial charge in [0.25, 0.3) is 10.0 Å². The third kappa shape index (κ3) is 2.03. The number of thiophene rings is 1. The Kier molecular flexibility index (Phi) is 2.62. The lowest BCUT2D eigenvalue weighted by molar-refractivity contribution is 0.599. The maximum absolute atomic E-state index is 13.0.